The summed E-state index contributed by atoms with van der Waals surface area (Å²) in [6.45, 7) is 5.61. The molecule has 1 aliphatic rings. The third kappa shape index (κ3) is 2.90. The Balaban J connectivity index is 2.33. The van der Waals surface area contributed by atoms with E-state index in [-0.39, 0.29) is 17.5 Å². The Kier molecular flexibility index (Phi) is 4.85. The summed E-state index contributed by atoms with van der Waals surface area (Å²) >= 11 is 0. The second-order valence-corrected chi connectivity index (χ2v) is 6.95. The number of hydrogen-bond donors (Lipinski definition) is 1. The first-order valence-corrected chi connectivity index (χ1v) is 8.34. The molecule has 0 aromatic carbocycles. The summed E-state index contributed by atoms with van der Waals surface area (Å²) < 4.78 is 33.9. The SMILES string of the molecule is CCCn1cc(S(=O)(=O)N2CCOCC2C)cc1CO. The number of aliphatic hydroxyl groups excluding tert-OH is 1. The Morgan fingerprint density at radius 1 is 1.50 bits per heavy atom. The van der Waals surface area contributed by atoms with Gasteiger partial charge in [-0.15, -0.1) is 0 Å². The highest BCUT2D eigenvalue weighted by atomic mass is 32.2. The number of nitrogens with zero attached hydrogens (tertiary/aromatic N) is 2. The standard InChI is InChI=1S/C13H22N2O4S/c1-3-4-14-8-13(7-12(14)9-16)20(17,18)15-5-6-19-10-11(15)2/h7-8,11,16H,3-6,9-10H2,1-2H3. The monoisotopic (exact) mass is 302 g/mol. The van der Waals surface area contributed by atoms with Crippen molar-refractivity contribution in [3.63, 3.8) is 0 Å². The third-order valence-corrected chi connectivity index (χ3v) is 5.48. The molecule has 0 radical (unpaired) electrons. The number of aryl methyl sites for hydroxylation is 1. The van der Waals surface area contributed by atoms with Crippen LogP contribution < -0.4 is 0 Å². The molecule has 1 fully saturated rings. The summed E-state index contributed by atoms with van der Waals surface area (Å²) in [6.07, 6.45) is 2.50. The molecular formula is C13H22N2O4S. The van der Waals surface area contributed by atoms with Gasteiger partial charge in [-0.2, -0.15) is 4.31 Å². The van der Waals surface area contributed by atoms with Crippen molar-refractivity contribution in [1.82, 2.24) is 8.87 Å². The molecule has 1 N–H and O–H groups in total. The van der Waals surface area contributed by atoms with Crippen LogP contribution in [-0.2, 0) is 27.9 Å². The third-order valence-electron chi connectivity index (χ3n) is 3.50. The predicted molar refractivity (Wildman–Crippen MR) is 74.8 cm³/mol. The summed E-state index contributed by atoms with van der Waals surface area (Å²) in [4.78, 5) is 0.253. The Labute approximate surface area is 120 Å². The molecule has 1 aromatic heterocycles. The molecule has 20 heavy (non-hydrogen) atoms. The van der Waals surface area contributed by atoms with Gasteiger partial charge in [-0.3, -0.25) is 0 Å². The summed E-state index contributed by atoms with van der Waals surface area (Å²) in [5.41, 5.74) is 0.631. The van der Waals surface area contributed by atoms with Crippen LogP contribution in [0.2, 0.25) is 0 Å². The summed E-state index contributed by atoms with van der Waals surface area (Å²) in [5, 5.41) is 9.34. The van der Waals surface area contributed by atoms with Gasteiger partial charge in [-0.1, -0.05) is 6.92 Å². The number of rotatable bonds is 5. The fourth-order valence-electron chi connectivity index (χ4n) is 2.45. The van der Waals surface area contributed by atoms with Gasteiger partial charge in [0, 0.05) is 31.0 Å². The van der Waals surface area contributed by atoms with Gasteiger partial charge in [0.25, 0.3) is 0 Å². The molecule has 1 aromatic rings. The van der Waals surface area contributed by atoms with Crippen LogP contribution in [-0.4, -0.2) is 48.2 Å². The summed E-state index contributed by atoms with van der Waals surface area (Å²) in [5.74, 6) is 0. The average molecular weight is 302 g/mol. The molecule has 0 aliphatic carbocycles. The molecule has 2 rings (SSSR count). The van der Waals surface area contributed by atoms with Crippen molar-refractivity contribution >= 4 is 10.0 Å². The largest absolute Gasteiger partial charge is 0.390 e. The molecule has 6 nitrogen and oxygen atoms in total. The van der Waals surface area contributed by atoms with E-state index in [0.717, 1.165) is 6.42 Å². The van der Waals surface area contributed by atoms with Gasteiger partial charge in [0.15, 0.2) is 0 Å². The van der Waals surface area contributed by atoms with Crippen LogP contribution in [0.25, 0.3) is 0 Å². The summed E-state index contributed by atoms with van der Waals surface area (Å²) in [6, 6.07) is 1.40. The fourth-order valence-corrected chi connectivity index (χ4v) is 4.12. The maximum Gasteiger partial charge on any atom is 0.244 e. The first-order chi connectivity index (χ1) is 9.50. The number of ether oxygens (including phenoxy) is 1. The lowest BCUT2D eigenvalue weighted by Gasteiger charge is -2.31. The molecule has 0 bridgehead atoms. The molecule has 0 spiro atoms. The van der Waals surface area contributed by atoms with Crippen LogP contribution in [0, 0.1) is 0 Å². The normalized spacial score (nSPS) is 21.2. The molecule has 114 valence electrons. The second-order valence-electron chi connectivity index (χ2n) is 5.06. The van der Waals surface area contributed by atoms with E-state index in [1.54, 1.807) is 16.8 Å². The van der Waals surface area contributed by atoms with Gasteiger partial charge in [-0.05, 0) is 19.4 Å². The van der Waals surface area contributed by atoms with E-state index < -0.39 is 10.0 Å². The Bertz CT molecular complexity index is 553. The van der Waals surface area contributed by atoms with E-state index in [2.05, 4.69) is 0 Å². The quantitative estimate of drug-likeness (QED) is 0.873. The molecular weight excluding hydrogens is 280 g/mol. The first kappa shape index (κ1) is 15.5. The lowest BCUT2D eigenvalue weighted by atomic mass is 10.3. The van der Waals surface area contributed by atoms with Crippen LogP contribution in [0.5, 0.6) is 0 Å². The van der Waals surface area contributed by atoms with Gasteiger partial charge in [0.05, 0.1) is 19.8 Å². The second kappa shape index (κ2) is 6.26. The van der Waals surface area contributed by atoms with Crippen molar-refractivity contribution in [2.24, 2.45) is 0 Å². The maximum atomic E-state index is 12.7. The lowest BCUT2D eigenvalue weighted by molar-refractivity contribution is 0.0393. The van der Waals surface area contributed by atoms with Crippen LogP contribution >= 0.6 is 0 Å². The fraction of sp³-hybridized carbons (Fsp3) is 0.692. The Morgan fingerprint density at radius 3 is 2.85 bits per heavy atom. The summed E-state index contributed by atoms with van der Waals surface area (Å²) in [7, 11) is -3.52. The molecule has 0 amide bonds. The molecule has 1 saturated heterocycles. The Hall–Kier alpha value is -0.890. The van der Waals surface area contributed by atoms with Crippen molar-refractivity contribution in [1.29, 1.82) is 0 Å². The minimum Gasteiger partial charge on any atom is -0.390 e. The van der Waals surface area contributed by atoms with Crippen molar-refractivity contribution in [2.45, 2.75) is 44.4 Å². The Morgan fingerprint density at radius 2 is 2.25 bits per heavy atom. The maximum absolute atomic E-state index is 12.7. The number of morpholine rings is 1. The van der Waals surface area contributed by atoms with Gasteiger partial charge in [0.1, 0.15) is 4.90 Å². The van der Waals surface area contributed by atoms with Crippen molar-refractivity contribution in [3.8, 4) is 0 Å². The molecule has 1 atom stereocenters. The van der Waals surface area contributed by atoms with E-state index in [4.69, 9.17) is 4.74 Å². The average Bonchev–Trinajstić information content (AvgIpc) is 2.83. The van der Waals surface area contributed by atoms with E-state index in [1.807, 2.05) is 13.8 Å². The molecule has 1 aliphatic heterocycles. The molecule has 7 heteroatoms. The molecule has 1 unspecified atom stereocenters. The highest BCUT2D eigenvalue weighted by molar-refractivity contribution is 7.89. The first-order valence-electron chi connectivity index (χ1n) is 6.90. The van der Waals surface area contributed by atoms with Crippen LogP contribution in [0.1, 0.15) is 26.0 Å². The minimum absolute atomic E-state index is 0.159. The van der Waals surface area contributed by atoms with Crippen molar-refractivity contribution in [3.05, 3.63) is 18.0 Å². The molecule has 2 heterocycles. The topological polar surface area (TPSA) is 71.8 Å². The van der Waals surface area contributed by atoms with Crippen molar-refractivity contribution in [2.75, 3.05) is 19.8 Å². The van der Waals surface area contributed by atoms with E-state index in [1.165, 1.54) is 4.31 Å². The van der Waals surface area contributed by atoms with Crippen LogP contribution in [0.4, 0.5) is 0 Å². The van der Waals surface area contributed by atoms with Gasteiger partial charge in [-0.25, -0.2) is 8.42 Å². The lowest BCUT2D eigenvalue weighted by Crippen LogP contribution is -2.46. The number of hydrogen-bond acceptors (Lipinski definition) is 4. The number of aliphatic hydroxyl groups is 1. The van der Waals surface area contributed by atoms with Gasteiger partial charge >= 0.3 is 0 Å². The van der Waals surface area contributed by atoms with E-state index >= 15 is 0 Å². The zero-order valence-corrected chi connectivity index (χ0v) is 12.8. The number of sulfonamides is 1. The van der Waals surface area contributed by atoms with Crippen LogP contribution in [0.15, 0.2) is 17.2 Å². The number of aromatic nitrogens is 1. The van der Waals surface area contributed by atoms with E-state index in [0.29, 0.717) is 32.0 Å². The highest BCUT2D eigenvalue weighted by Crippen LogP contribution is 2.23. The smallest absolute Gasteiger partial charge is 0.244 e. The van der Waals surface area contributed by atoms with E-state index in [9.17, 15) is 13.5 Å². The zero-order valence-electron chi connectivity index (χ0n) is 11.9. The molecule has 0 saturated carbocycles. The van der Waals surface area contributed by atoms with Crippen molar-refractivity contribution < 1.29 is 18.3 Å². The van der Waals surface area contributed by atoms with Gasteiger partial charge in [0.2, 0.25) is 10.0 Å². The zero-order chi connectivity index (χ0) is 14.8. The predicted octanol–water partition coefficient (Wildman–Crippen LogP) is 0.800. The minimum atomic E-state index is -3.52. The van der Waals surface area contributed by atoms with Gasteiger partial charge < -0.3 is 14.4 Å². The highest BCUT2D eigenvalue weighted by Gasteiger charge is 2.32. The van der Waals surface area contributed by atoms with Crippen LogP contribution in [0.3, 0.4) is 0 Å².